The molecule has 0 atom stereocenters. The number of nitrogens with zero attached hydrogens (tertiary/aromatic N) is 2. The largest absolute Gasteiger partial charge is 0.476 e. The predicted octanol–water partition coefficient (Wildman–Crippen LogP) is 3.79. The molecular weight excluding hydrogens is 351 g/mol. The molecule has 1 aromatic carbocycles. The third-order valence-corrected chi connectivity index (χ3v) is 3.94. The third-order valence-electron chi connectivity index (χ3n) is 2.53. The fourth-order valence-electron chi connectivity index (χ4n) is 1.69. The van der Waals surface area contributed by atoms with E-state index < -0.39 is 11.8 Å². The summed E-state index contributed by atoms with van der Waals surface area (Å²) in [6, 6.07) is 3.90. The van der Waals surface area contributed by atoms with Crippen molar-refractivity contribution in [2.24, 2.45) is 0 Å². The lowest BCUT2D eigenvalue weighted by molar-refractivity contribution is 0.0686. The molecule has 0 amide bonds. The Morgan fingerprint density at radius 2 is 2.30 bits per heavy atom. The van der Waals surface area contributed by atoms with E-state index in [1.165, 1.54) is 27.9 Å². The Morgan fingerprint density at radius 3 is 3.05 bits per heavy atom. The van der Waals surface area contributed by atoms with E-state index in [0.29, 0.717) is 9.43 Å². The Kier molecular flexibility index (Phi) is 3.19. The van der Waals surface area contributed by atoms with Gasteiger partial charge >= 0.3 is 5.97 Å². The molecule has 3 rings (SSSR count). The summed E-state index contributed by atoms with van der Waals surface area (Å²) in [5, 5.41) is 11.0. The smallest absolute Gasteiger partial charge is 0.358 e. The van der Waals surface area contributed by atoms with Crippen LogP contribution in [0.5, 0.6) is 11.6 Å². The van der Waals surface area contributed by atoms with Crippen molar-refractivity contribution >= 4 is 38.2 Å². The maximum absolute atomic E-state index is 13.2. The zero-order valence-corrected chi connectivity index (χ0v) is 12.1. The van der Waals surface area contributed by atoms with E-state index in [-0.39, 0.29) is 17.3 Å². The maximum atomic E-state index is 13.2. The summed E-state index contributed by atoms with van der Waals surface area (Å²) in [5.74, 6) is -1.56. The normalized spacial score (nSPS) is 10.9. The number of imidazole rings is 1. The highest BCUT2D eigenvalue weighted by molar-refractivity contribution is 9.10. The van der Waals surface area contributed by atoms with Crippen molar-refractivity contribution in [3.05, 3.63) is 45.8 Å². The van der Waals surface area contributed by atoms with Crippen molar-refractivity contribution < 1.29 is 19.0 Å². The summed E-state index contributed by atoms with van der Waals surface area (Å²) in [5.41, 5.74) is -0.0996. The van der Waals surface area contributed by atoms with Crippen molar-refractivity contribution in [3.63, 3.8) is 0 Å². The fraction of sp³-hybridized carbons (Fsp3) is 0. The number of aromatic carboxylic acids is 1. The molecule has 1 N–H and O–H groups in total. The van der Waals surface area contributed by atoms with E-state index >= 15 is 0 Å². The molecule has 0 saturated carbocycles. The molecule has 3 aromatic rings. The van der Waals surface area contributed by atoms with Crippen LogP contribution < -0.4 is 4.74 Å². The Morgan fingerprint density at radius 1 is 1.50 bits per heavy atom. The minimum absolute atomic E-state index is 0.0735. The molecule has 0 fully saturated rings. The number of fused-ring (bicyclic) bond motifs is 1. The van der Waals surface area contributed by atoms with Gasteiger partial charge in [0.1, 0.15) is 11.6 Å². The number of hydrogen-bond acceptors (Lipinski definition) is 4. The molecule has 0 spiro atoms. The van der Waals surface area contributed by atoms with Gasteiger partial charge in [-0.1, -0.05) is 0 Å². The number of carboxylic acid groups (broad SMARTS) is 1. The first-order chi connectivity index (χ1) is 9.56. The molecule has 20 heavy (non-hydrogen) atoms. The van der Waals surface area contributed by atoms with Gasteiger partial charge in [-0.05, 0) is 28.1 Å². The second-order valence-electron chi connectivity index (χ2n) is 3.80. The van der Waals surface area contributed by atoms with Gasteiger partial charge in [-0.3, -0.25) is 4.40 Å². The Bertz CT molecular complexity index is 814. The van der Waals surface area contributed by atoms with Crippen LogP contribution in [-0.2, 0) is 0 Å². The molecule has 8 heteroatoms. The molecule has 0 aliphatic heterocycles. The highest BCUT2D eigenvalue weighted by Gasteiger charge is 2.22. The number of aromatic nitrogens is 2. The van der Waals surface area contributed by atoms with Crippen LogP contribution in [0, 0.1) is 5.82 Å². The second kappa shape index (κ2) is 4.88. The van der Waals surface area contributed by atoms with E-state index in [1.54, 1.807) is 11.6 Å². The van der Waals surface area contributed by atoms with Gasteiger partial charge in [0.15, 0.2) is 10.7 Å². The van der Waals surface area contributed by atoms with Crippen LogP contribution in [-0.4, -0.2) is 20.5 Å². The highest BCUT2D eigenvalue weighted by atomic mass is 79.9. The van der Waals surface area contributed by atoms with Gasteiger partial charge in [0.05, 0.1) is 4.47 Å². The number of thiazole rings is 1. The Balaban J connectivity index is 2.10. The van der Waals surface area contributed by atoms with E-state index in [4.69, 9.17) is 4.74 Å². The van der Waals surface area contributed by atoms with Crippen molar-refractivity contribution in [1.29, 1.82) is 0 Å². The van der Waals surface area contributed by atoms with Gasteiger partial charge in [0, 0.05) is 17.6 Å². The molecule has 102 valence electrons. The van der Waals surface area contributed by atoms with E-state index in [2.05, 4.69) is 20.9 Å². The van der Waals surface area contributed by atoms with Gasteiger partial charge in [-0.25, -0.2) is 9.18 Å². The molecular formula is C12H6BrFN2O3S. The Hall–Kier alpha value is -1.93. The second-order valence-corrected chi connectivity index (χ2v) is 5.53. The summed E-state index contributed by atoms with van der Waals surface area (Å²) in [4.78, 5) is 15.9. The topological polar surface area (TPSA) is 63.8 Å². The van der Waals surface area contributed by atoms with Crippen LogP contribution in [0.25, 0.3) is 4.96 Å². The quantitative estimate of drug-likeness (QED) is 0.775. The molecule has 0 unspecified atom stereocenters. The van der Waals surface area contributed by atoms with Crippen molar-refractivity contribution in [2.75, 3.05) is 0 Å². The summed E-state index contributed by atoms with van der Waals surface area (Å²) >= 11 is 4.49. The van der Waals surface area contributed by atoms with Gasteiger partial charge in [-0.2, -0.15) is 4.98 Å². The SMILES string of the molecule is O=C(O)c1c(Oc2cc(F)ccc2Br)nc2sccn12. The van der Waals surface area contributed by atoms with Gasteiger partial charge in [0.2, 0.25) is 0 Å². The third kappa shape index (κ3) is 2.16. The molecule has 5 nitrogen and oxygen atoms in total. The number of hydrogen-bond donors (Lipinski definition) is 1. The zero-order chi connectivity index (χ0) is 14.3. The van der Waals surface area contributed by atoms with Gasteiger partial charge in [-0.15, -0.1) is 11.3 Å². The van der Waals surface area contributed by atoms with Crippen LogP contribution >= 0.6 is 27.3 Å². The first-order valence-electron chi connectivity index (χ1n) is 5.38. The summed E-state index contributed by atoms with van der Waals surface area (Å²) in [7, 11) is 0. The Labute approximate surface area is 124 Å². The molecule has 2 heterocycles. The summed E-state index contributed by atoms with van der Waals surface area (Å²) in [6.07, 6.45) is 1.59. The minimum Gasteiger partial charge on any atom is -0.476 e. The van der Waals surface area contributed by atoms with Crippen LogP contribution in [0.2, 0.25) is 0 Å². The predicted molar refractivity (Wildman–Crippen MR) is 74.2 cm³/mol. The van der Waals surface area contributed by atoms with Crippen LogP contribution in [0.15, 0.2) is 34.2 Å². The number of carbonyl (C=O) groups is 1. The highest BCUT2D eigenvalue weighted by Crippen LogP contribution is 2.32. The van der Waals surface area contributed by atoms with E-state index in [1.807, 2.05) is 0 Å². The van der Waals surface area contributed by atoms with Crippen LogP contribution in [0.4, 0.5) is 4.39 Å². The molecule has 0 saturated heterocycles. The molecule has 0 radical (unpaired) electrons. The monoisotopic (exact) mass is 356 g/mol. The van der Waals surface area contributed by atoms with Crippen LogP contribution in [0.3, 0.4) is 0 Å². The van der Waals surface area contributed by atoms with Crippen LogP contribution in [0.1, 0.15) is 10.5 Å². The van der Waals surface area contributed by atoms with Crippen molar-refractivity contribution in [1.82, 2.24) is 9.38 Å². The van der Waals surface area contributed by atoms with Gasteiger partial charge < -0.3 is 9.84 Å². The van der Waals surface area contributed by atoms with Crippen molar-refractivity contribution in [3.8, 4) is 11.6 Å². The number of carboxylic acids is 1. The van der Waals surface area contributed by atoms with Crippen molar-refractivity contribution in [2.45, 2.75) is 0 Å². The lowest BCUT2D eigenvalue weighted by Crippen LogP contribution is -2.02. The molecule has 0 bridgehead atoms. The first kappa shape index (κ1) is 13.1. The number of ether oxygens (including phenoxy) is 1. The summed E-state index contributed by atoms with van der Waals surface area (Å²) < 4.78 is 20.6. The zero-order valence-electron chi connectivity index (χ0n) is 9.71. The maximum Gasteiger partial charge on any atom is 0.358 e. The number of benzene rings is 1. The average Bonchev–Trinajstić information content (AvgIpc) is 2.93. The van der Waals surface area contributed by atoms with E-state index in [9.17, 15) is 14.3 Å². The number of rotatable bonds is 3. The summed E-state index contributed by atoms with van der Waals surface area (Å²) in [6.45, 7) is 0. The average molecular weight is 357 g/mol. The number of halogens is 2. The molecule has 0 aliphatic rings. The molecule has 0 aliphatic carbocycles. The lowest BCUT2D eigenvalue weighted by Gasteiger charge is -2.06. The molecule has 2 aromatic heterocycles. The minimum atomic E-state index is -1.17. The standard InChI is InChI=1S/C12H6BrFN2O3S/c13-7-2-1-6(14)5-8(7)19-10-9(11(17)18)16-3-4-20-12(16)15-10/h1-5H,(H,17,18). The van der Waals surface area contributed by atoms with E-state index in [0.717, 1.165) is 6.07 Å². The fourth-order valence-corrected chi connectivity index (χ4v) is 2.72. The first-order valence-corrected chi connectivity index (χ1v) is 7.05. The van der Waals surface area contributed by atoms with Gasteiger partial charge in [0.25, 0.3) is 5.88 Å². The lowest BCUT2D eigenvalue weighted by atomic mass is 10.3.